The van der Waals surface area contributed by atoms with Crippen LogP contribution in [0.1, 0.15) is 29.9 Å². The van der Waals surface area contributed by atoms with Crippen LogP contribution in [0.25, 0.3) is 11.4 Å². The molecule has 0 aliphatic carbocycles. The minimum absolute atomic E-state index is 0.0983. The summed E-state index contributed by atoms with van der Waals surface area (Å²) in [5.41, 5.74) is 2.99. The number of hydrogen-bond acceptors (Lipinski definition) is 6. The van der Waals surface area contributed by atoms with Crippen molar-refractivity contribution in [3.8, 4) is 17.3 Å². The monoisotopic (exact) mass is 436 g/mol. The number of hydrogen-bond donors (Lipinski definition) is 2. The number of aromatic nitrogens is 4. The van der Waals surface area contributed by atoms with Gasteiger partial charge in [0.25, 0.3) is 5.91 Å². The van der Waals surface area contributed by atoms with Crippen LogP contribution in [0.3, 0.4) is 0 Å². The summed E-state index contributed by atoms with van der Waals surface area (Å²) in [7, 11) is 0. The van der Waals surface area contributed by atoms with Crippen molar-refractivity contribution >= 4 is 11.6 Å². The Labute approximate surface area is 186 Å². The molecule has 1 saturated heterocycles. The molecule has 32 heavy (non-hydrogen) atoms. The van der Waals surface area contributed by atoms with Crippen LogP contribution in [0.5, 0.6) is 5.88 Å². The standard InChI is InChI=1S/C23H28N6O3/c1-23(2)13-18-20(21-24-5-6-29(21)23)17(15-25-18)22(30)27-16-3-4-19(26-14-16)32-12-9-28-7-10-31-11-8-28/h3-6,14-15,25H,7-13H2,1-2H3,(H,27,30). The van der Waals surface area contributed by atoms with Gasteiger partial charge < -0.3 is 24.3 Å². The van der Waals surface area contributed by atoms with Gasteiger partial charge in [-0.25, -0.2) is 9.97 Å². The molecule has 168 valence electrons. The number of nitrogens with one attached hydrogen (secondary N) is 2. The molecule has 2 aliphatic rings. The van der Waals surface area contributed by atoms with E-state index in [4.69, 9.17) is 9.47 Å². The van der Waals surface area contributed by atoms with Crippen molar-refractivity contribution < 1.29 is 14.3 Å². The lowest BCUT2D eigenvalue weighted by Gasteiger charge is -2.32. The molecule has 0 spiro atoms. The number of pyridine rings is 1. The predicted molar refractivity (Wildman–Crippen MR) is 120 cm³/mol. The highest BCUT2D eigenvalue weighted by atomic mass is 16.5. The third-order valence-electron chi connectivity index (χ3n) is 6.09. The number of ether oxygens (including phenoxy) is 2. The number of carbonyl (C=O) groups excluding carboxylic acids is 1. The molecular weight excluding hydrogens is 408 g/mol. The number of H-pyrrole nitrogens is 1. The van der Waals surface area contributed by atoms with E-state index in [-0.39, 0.29) is 11.4 Å². The maximum atomic E-state index is 13.0. The van der Waals surface area contributed by atoms with E-state index in [0.29, 0.717) is 23.7 Å². The number of rotatable bonds is 6. The summed E-state index contributed by atoms with van der Waals surface area (Å²) in [4.78, 5) is 27.5. The number of imidazole rings is 1. The second-order valence-electron chi connectivity index (χ2n) is 8.81. The van der Waals surface area contributed by atoms with Gasteiger partial charge >= 0.3 is 0 Å². The zero-order chi connectivity index (χ0) is 22.1. The Balaban J connectivity index is 1.23. The number of anilines is 1. The Morgan fingerprint density at radius 2 is 2.12 bits per heavy atom. The largest absolute Gasteiger partial charge is 0.476 e. The lowest BCUT2D eigenvalue weighted by molar-refractivity contribution is 0.0320. The summed E-state index contributed by atoms with van der Waals surface area (Å²) in [6, 6.07) is 3.58. The molecule has 3 aromatic rings. The summed E-state index contributed by atoms with van der Waals surface area (Å²) < 4.78 is 13.2. The molecule has 1 fully saturated rings. The highest BCUT2D eigenvalue weighted by Crippen LogP contribution is 2.38. The molecule has 0 aromatic carbocycles. The van der Waals surface area contributed by atoms with Gasteiger partial charge in [0.15, 0.2) is 0 Å². The topological polar surface area (TPSA) is 97.3 Å². The third kappa shape index (κ3) is 4.01. The molecule has 3 aromatic heterocycles. The van der Waals surface area contributed by atoms with Gasteiger partial charge in [0, 0.05) is 61.9 Å². The van der Waals surface area contributed by atoms with Crippen LogP contribution < -0.4 is 10.1 Å². The molecule has 0 atom stereocenters. The Kier molecular flexibility index (Phi) is 5.44. The lowest BCUT2D eigenvalue weighted by Crippen LogP contribution is -2.38. The molecule has 9 heteroatoms. The van der Waals surface area contributed by atoms with Gasteiger partial charge in [-0.2, -0.15) is 0 Å². The summed E-state index contributed by atoms with van der Waals surface area (Å²) in [5.74, 6) is 1.16. The summed E-state index contributed by atoms with van der Waals surface area (Å²) in [6.07, 6.45) is 7.93. The first-order chi connectivity index (χ1) is 15.5. The molecule has 0 unspecified atom stereocenters. The fourth-order valence-corrected chi connectivity index (χ4v) is 4.38. The van der Waals surface area contributed by atoms with Crippen LogP contribution in [0.4, 0.5) is 5.69 Å². The summed E-state index contributed by atoms with van der Waals surface area (Å²) in [6.45, 7) is 9.15. The molecule has 0 radical (unpaired) electrons. The first-order valence-electron chi connectivity index (χ1n) is 11.0. The van der Waals surface area contributed by atoms with Crippen LogP contribution in [0.15, 0.2) is 36.9 Å². The van der Waals surface area contributed by atoms with Gasteiger partial charge in [-0.3, -0.25) is 9.69 Å². The molecule has 0 saturated carbocycles. The van der Waals surface area contributed by atoms with Crippen molar-refractivity contribution in [2.24, 2.45) is 0 Å². The molecular formula is C23H28N6O3. The van der Waals surface area contributed by atoms with Crippen molar-refractivity contribution in [3.63, 3.8) is 0 Å². The smallest absolute Gasteiger partial charge is 0.258 e. The SMILES string of the molecule is CC1(C)Cc2[nH]cc(C(=O)Nc3ccc(OCCN4CCOCC4)nc3)c2-c2nccn21. The van der Waals surface area contributed by atoms with E-state index in [2.05, 4.69) is 43.6 Å². The van der Waals surface area contributed by atoms with Crippen LogP contribution in [0.2, 0.25) is 0 Å². The highest BCUT2D eigenvalue weighted by Gasteiger charge is 2.34. The number of morpholine rings is 1. The van der Waals surface area contributed by atoms with E-state index in [0.717, 1.165) is 56.4 Å². The minimum Gasteiger partial charge on any atom is -0.476 e. The van der Waals surface area contributed by atoms with Crippen LogP contribution in [0, 0.1) is 0 Å². The van der Waals surface area contributed by atoms with Crippen LogP contribution >= 0.6 is 0 Å². The highest BCUT2D eigenvalue weighted by molar-refractivity contribution is 6.08. The molecule has 0 bridgehead atoms. The molecule has 2 N–H and O–H groups in total. The second kappa shape index (κ2) is 8.40. The van der Waals surface area contributed by atoms with Crippen molar-refractivity contribution in [3.05, 3.63) is 48.2 Å². The van der Waals surface area contributed by atoms with Gasteiger partial charge in [0.05, 0.1) is 36.2 Å². The second-order valence-corrected chi connectivity index (χ2v) is 8.81. The van der Waals surface area contributed by atoms with Gasteiger partial charge in [0.2, 0.25) is 5.88 Å². The molecule has 9 nitrogen and oxygen atoms in total. The number of aromatic amines is 1. The normalized spacial score (nSPS) is 17.4. The maximum Gasteiger partial charge on any atom is 0.258 e. The molecule has 5 heterocycles. The average Bonchev–Trinajstić information content (AvgIpc) is 3.43. The van der Waals surface area contributed by atoms with E-state index in [1.807, 2.05) is 6.20 Å². The Hall–Kier alpha value is -3.17. The van der Waals surface area contributed by atoms with E-state index in [1.54, 1.807) is 30.7 Å². The summed E-state index contributed by atoms with van der Waals surface area (Å²) in [5, 5.41) is 2.94. The van der Waals surface area contributed by atoms with Crippen molar-refractivity contribution in [1.82, 2.24) is 24.4 Å². The fraction of sp³-hybridized carbons (Fsp3) is 0.435. The van der Waals surface area contributed by atoms with Gasteiger partial charge in [0.1, 0.15) is 12.4 Å². The van der Waals surface area contributed by atoms with Crippen LogP contribution in [-0.4, -0.2) is 69.8 Å². The number of nitrogens with zero attached hydrogens (tertiary/aromatic N) is 4. The van der Waals surface area contributed by atoms with Gasteiger partial charge in [-0.15, -0.1) is 0 Å². The summed E-state index contributed by atoms with van der Waals surface area (Å²) >= 11 is 0. The van der Waals surface area contributed by atoms with Crippen molar-refractivity contribution in [1.29, 1.82) is 0 Å². The van der Waals surface area contributed by atoms with E-state index in [1.165, 1.54) is 0 Å². The Morgan fingerprint density at radius 3 is 2.91 bits per heavy atom. The quantitative estimate of drug-likeness (QED) is 0.616. The molecule has 1 amide bonds. The van der Waals surface area contributed by atoms with Crippen LogP contribution in [-0.2, 0) is 16.7 Å². The Morgan fingerprint density at radius 1 is 1.28 bits per heavy atom. The molecule has 2 aliphatic heterocycles. The van der Waals surface area contributed by atoms with E-state index < -0.39 is 0 Å². The first kappa shape index (κ1) is 20.7. The molecule has 5 rings (SSSR count). The zero-order valence-electron chi connectivity index (χ0n) is 18.4. The van der Waals surface area contributed by atoms with Crippen molar-refractivity contribution in [2.45, 2.75) is 25.8 Å². The fourth-order valence-electron chi connectivity index (χ4n) is 4.38. The average molecular weight is 437 g/mol. The van der Waals surface area contributed by atoms with Crippen molar-refractivity contribution in [2.75, 3.05) is 44.8 Å². The number of amides is 1. The van der Waals surface area contributed by atoms with E-state index in [9.17, 15) is 4.79 Å². The third-order valence-corrected chi connectivity index (χ3v) is 6.09. The van der Waals surface area contributed by atoms with E-state index >= 15 is 0 Å². The number of fused-ring (bicyclic) bond motifs is 3. The van der Waals surface area contributed by atoms with Gasteiger partial charge in [-0.1, -0.05) is 0 Å². The lowest BCUT2D eigenvalue weighted by atomic mass is 9.90. The zero-order valence-corrected chi connectivity index (χ0v) is 18.4. The maximum absolute atomic E-state index is 13.0. The predicted octanol–water partition coefficient (Wildman–Crippen LogP) is 2.53. The minimum atomic E-state index is -0.195. The number of carbonyl (C=O) groups is 1. The first-order valence-corrected chi connectivity index (χ1v) is 11.0. The Bertz CT molecular complexity index is 1100. The van der Waals surface area contributed by atoms with Gasteiger partial charge in [-0.05, 0) is 19.9 Å².